The van der Waals surface area contributed by atoms with Crippen LogP contribution >= 0.6 is 0 Å². The lowest BCUT2D eigenvalue weighted by Gasteiger charge is -2.19. The van der Waals surface area contributed by atoms with E-state index in [0.717, 1.165) is 46.4 Å². The van der Waals surface area contributed by atoms with Crippen LogP contribution in [0.2, 0.25) is 0 Å². The molecule has 0 aliphatic carbocycles. The molecule has 1 amide bonds. The van der Waals surface area contributed by atoms with Gasteiger partial charge in [-0.25, -0.2) is 13.2 Å². The molecule has 0 radical (unpaired) electrons. The van der Waals surface area contributed by atoms with Crippen LogP contribution in [0.5, 0.6) is 0 Å². The van der Waals surface area contributed by atoms with Crippen LogP contribution in [0.3, 0.4) is 0 Å². The predicted molar refractivity (Wildman–Crippen MR) is 158 cm³/mol. The smallest absolute Gasteiger partial charge is 0.326 e. The largest absolute Gasteiger partial charge is 0.480 e. The Morgan fingerprint density at radius 2 is 1.71 bits per heavy atom. The third kappa shape index (κ3) is 8.39. The summed E-state index contributed by atoms with van der Waals surface area (Å²) in [6, 6.07) is 21.3. The van der Waals surface area contributed by atoms with Gasteiger partial charge in [-0.3, -0.25) is 4.79 Å². The molecule has 1 aliphatic heterocycles. The van der Waals surface area contributed by atoms with Crippen LogP contribution in [0.25, 0.3) is 16.9 Å². The molecule has 1 heterocycles. The highest BCUT2D eigenvalue weighted by molar-refractivity contribution is 7.90. The molecule has 3 aromatic carbocycles. The Bertz CT molecular complexity index is 1580. The minimum absolute atomic E-state index is 0.232. The van der Waals surface area contributed by atoms with Crippen molar-refractivity contribution in [1.82, 2.24) is 5.32 Å². The highest BCUT2D eigenvalue weighted by atomic mass is 32.2. The maximum atomic E-state index is 13.3. The molecule has 0 aromatic heterocycles. The zero-order valence-electron chi connectivity index (χ0n) is 23.0. The van der Waals surface area contributed by atoms with Gasteiger partial charge in [0.2, 0.25) is 0 Å². The first kappa shape index (κ1) is 29.8. The van der Waals surface area contributed by atoms with Gasteiger partial charge in [-0.15, -0.1) is 0 Å². The Labute approximate surface area is 240 Å². The van der Waals surface area contributed by atoms with E-state index in [1.165, 1.54) is 0 Å². The SMILES string of the molecule is Cc1ccccc1-c1cc(COCC2=CCC=C(c3ccccc3)O2)ccc1C(=O)NC(CCS(C)(=O)=O)C(=O)O. The van der Waals surface area contributed by atoms with Gasteiger partial charge >= 0.3 is 5.97 Å². The Morgan fingerprint density at radius 3 is 2.41 bits per heavy atom. The summed E-state index contributed by atoms with van der Waals surface area (Å²) in [6.45, 7) is 2.46. The number of hydrogen-bond donors (Lipinski definition) is 2. The van der Waals surface area contributed by atoms with Gasteiger partial charge in [0.15, 0.2) is 0 Å². The van der Waals surface area contributed by atoms with Crippen molar-refractivity contribution in [2.45, 2.75) is 32.4 Å². The minimum atomic E-state index is -3.39. The molecule has 2 N–H and O–H groups in total. The van der Waals surface area contributed by atoms with Gasteiger partial charge in [0.05, 0.1) is 12.4 Å². The average molecular weight is 576 g/mol. The second kappa shape index (κ2) is 13.4. The molecule has 8 nitrogen and oxygen atoms in total. The molecule has 214 valence electrons. The second-order valence-corrected chi connectivity index (χ2v) is 12.2. The van der Waals surface area contributed by atoms with Crippen molar-refractivity contribution < 1.29 is 32.6 Å². The number of amides is 1. The van der Waals surface area contributed by atoms with Gasteiger partial charge in [0.25, 0.3) is 5.91 Å². The van der Waals surface area contributed by atoms with Crippen molar-refractivity contribution in [3.63, 3.8) is 0 Å². The fourth-order valence-corrected chi connectivity index (χ4v) is 5.13. The topological polar surface area (TPSA) is 119 Å². The first-order valence-electron chi connectivity index (χ1n) is 13.2. The minimum Gasteiger partial charge on any atom is -0.480 e. The van der Waals surface area contributed by atoms with Crippen LogP contribution < -0.4 is 5.32 Å². The maximum absolute atomic E-state index is 13.3. The number of aryl methyl sites for hydroxylation is 1. The van der Waals surface area contributed by atoms with Crippen LogP contribution in [0, 0.1) is 6.92 Å². The van der Waals surface area contributed by atoms with Crippen molar-refractivity contribution in [3.8, 4) is 11.1 Å². The molecular formula is C32H33NO7S. The van der Waals surface area contributed by atoms with E-state index in [2.05, 4.69) is 5.32 Å². The molecule has 0 saturated carbocycles. The number of hydrogen-bond acceptors (Lipinski definition) is 6. The molecular weight excluding hydrogens is 542 g/mol. The number of nitrogens with one attached hydrogen (secondary N) is 1. The van der Waals surface area contributed by atoms with Crippen molar-refractivity contribution in [3.05, 3.63) is 113 Å². The molecule has 0 saturated heterocycles. The summed E-state index contributed by atoms with van der Waals surface area (Å²) in [5, 5.41) is 12.1. The van der Waals surface area contributed by atoms with Gasteiger partial charge in [0, 0.05) is 17.4 Å². The zero-order valence-corrected chi connectivity index (χ0v) is 23.8. The summed E-state index contributed by atoms with van der Waals surface area (Å²) in [6.07, 6.45) is 5.53. The fraction of sp³-hybridized carbons (Fsp3) is 0.250. The summed E-state index contributed by atoms with van der Waals surface area (Å²) < 4.78 is 35.1. The molecule has 1 atom stereocenters. The first-order valence-corrected chi connectivity index (χ1v) is 15.3. The summed E-state index contributed by atoms with van der Waals surface area (Å²) in [4.78, 5) is 25.0. The number of aliphatic carboxylic acids is 1. The summed E-state index contributed by atoms with van der Waals surface area (Å²) in [7, 11) is -3.39. The Hall–Kier alpha value is -4.21. The molecule has 1 aliphatic rings. The number of sulfone groups is 1. The van der Waals surface area contributed by atoms with E-state index in [0.29, 0.717) is 5.56 Å². The lowest BCUT2D eigenvalue weighted by molar-refractivity contribution is -0.139. The highest BCUT2D eigenvalue weighted by Gasteiger charge is 2.24. The molecule has 1 unspecified atom stereocenters. The molecule has 4 rings (SSSR count). The molecule has 9 heteroatoms. The molecule has 0 bridgehead atoms. The molecule has 41 heavy (non-hydrogen) atoms. The highest BCUT2D eigenvalue weighted by Crippen LogP contribution is 2.29. The Kier molecular flexibility index (Phi) is 9.75. The van der Waals surface area contributed by atoms with Gasteiger partial charge in [-0.1, -0.05) is 60.7 Å². The molecule has 0 spiro atoms. The van der Waals surface area contributed by atoms with Crippen molar-refractivity contribution in [2.75, 3.05) is 18.6 Å². The number of ether oxygens (including phenoxy) is 2. The van der Waals surface area contributed by atoms with E-state index in [-0.39, 0.29) is 31.0 Å². The quantitative estimate of drug-likeness (QED) is 0.307. The fourth-order valence-electron chi connectivity index (χ4n) is 4.46. The Balaban J connectivity index is 1.49. The number of rotatable bonds is 12. The number of allylic oxidation sites excluding steroid dienone is 2. The van der Waals surface area contributed by atoms with Crippen molar-refractivity contribution in [2.24, 2.45) is 0 Å². The zero-order chi connectivity index (χ0) is 29.4. The third-order valence-corrected chi connectivity index (χ3v) is 7.58. The number of carbonyl (C=O) groups is 2. The van der Waals surface area contributed by atoms with Crippen LogP contribution in [0.4, 0.5) is 0 Å². The van der Waals surface area contributed by atoms with E-state index in [9.17, 15) is 23.1 Å². The number of benzene rings is 3. The number of carbonyl (C=O) groups excluding carboxylic acids is 1. The average Bonchev–Trinajstić information content (AvgIpc) is 2.95. The normalized spacial score (nSPS) is 13.9. The van der Waals surface area contributed by atoms with Gasteiger partial charge < -0.3 is 19.9 Å². The lowest BCUT2D eigenvalue weighted by Crippen LogP contribution is -2.42. The monoisotopic (exact) mass is 575 g/mol. The first-order chi connectivity index (χ1) is 19.6. The third-order valence-electron chi connectivity index (χ3n) is 6.61. The van der Waals surface area contributed by atoms with Crippen molar-refractivity contribution in [1.29, 1.82) is 0 Å². The number of carboxylic acids is 1. The summed E-state index contributed by atoms with van der Waals surface area (Å²) in [5.74, 6) is -0.740. The summed E-state index contributed by atoms with van der Waals surface area (Å²) in [5.41, 5.74) is 4.48. The summed E-state index contributed by atoms with van der Waals surface area (Å²) >= 11 is 0. The van der Waals surface area contributed by atoms with Crippen LogP contribution in [0.15, 0.2) is 90.7 Å². The maximum Gasteiger partial charge on any atom is 0.326 e. The second-order valence-electron chi connectivity index (χ2n) is 9.91. The van der Waals surface area contributed by atoms with Gasteiger partial charge in [0.1, 0.15) is 34.0 Å². The van der Waals surface area contributed by atoms with Crippen LogP contribution in [0.1, 0.15) is 39.9 Å². The van der Waals surface area contributed by atoms with E-state index < -0.39 is 27.8 Å². The van der Waals surface area contributed by atoms with Gasteiger partial charge in [-0.05, 0) is 66.3 Å². The van der Waals surface area contributed by atoms with Crippen molar-refractivity contribution >= 4 is 27.5 Å². The van der Waals surface area contributed by atoms with Gasteiger partial charge in [-0.2, -0.15) is 0 Å². The van der Waals surface area contributed by atoms with E-state index in [4.69, 9.17) is 9.47 Å². The van der Waals surface area contributed by atoms with E-state index in [1.807, 2.05) is 79.7 Å². The van der Waals surface area contributed by atoms with E-state index in [1.54, 1.807) is 12.1 Å². The predicted octanol–water partition coefficient (Wildman–Crippen LogP) is 5.14. The standard InChI is InChI=1S/C32H33NO7S/c1-22-9-6-7-13-26(22)28-19-23(15-16-27(28)31(34)33-29(32(35)36)17-18-41(2,37)38)20-39-21-25-12-8-14-30(40-25)24-10-4-3-5-11-24/h3-7,9-16,19,29H,8,17-18,20-21H2,1-2H3,(H,33,34)(H,35,36). The lowest BCUT2D eigenvalue weighted by atomic mass is 9.93. The number of carboxylic acid groups (broad SMARTS) is 1. The van der Waals surface area contributed by atoms with Crippen LogP contribution in [-0.2, 0) is 30.7 Å². The van der Waals surface area contributed by atoms with E-state index >= 15 is 0 Å². The molecule has 3 aromatic rings. The molecule has 0 fully saturated rings. The Morgan fingerprint density at radius 1 is 0.976 bits per heavy atom. The van der Waals surface area contributed by atoms with Crippen LogP contribution in [-0.4, -0.2) is 50.1 Å².